The molecule has 0 bridgehead atoms. The number of likely N-dealkylation sites (tertiary alicyclic amines) is 1. The first kappa shape index (κ1) is 17.8. The maximum Gasteiger partial charge on any atom is 0.255 e. The number of carbonyl (C=O) groups excluding carboxylic acids is 2. The summed E-state index contributed by atoms with van der Waals surface area (Å²) < 4.78 is 4.95. The molecule has 6 heteroatoms. The molecular formula is C17H23ClN2O3. The van der Waals surface area contributed by atoms with E-state index in [0.29, 0.717) is 49.7 Å². The fourth-order valence-corrected chi connectivity index (χ4v) is 2.94. The highest BCUT2D eigenvalue weighted by atomic mass is 35.5. The predicted octanol–water partition coefficient (Wildman–Crippen LogP) is 2.34. The number of hydrogen-bond donors (Lipinski definition) is 1. The van der Waals surface area contributed by atoms with Gasteiger partial charge in [0, 0.05) is 39.3 Å². The van der Waals surface area contributed by atoms with Gasteiger partial charge in [0.1, 0.15) is 0 Å². The summed E-state index contributed by atoms with van der Waals surface area (Å²) >= 11 is 6.08. The van der Waals surface area contributed by atoms with Gasteiger partial charge >= 0.3 is 0 Å². The van der Waals surface area contributed by atoms with Crippen molar-refractivity contribution in [1.29, 1.82) is 0 Å². The summed E-state index contributed by atoms with van der Waals surface area (Å²) in [5, 5.41) is 3.40. The summed E-state index contributed by atoms with van der Waals surface area (Å²) in [5.41, 5.74) is 0.525. The lowest BCUT2D eigenvalue weighted by Gasteiger charge is -2.31. The molecule has 23 heavy (non-hydrogen) atoms. The first-order valence-corrected chi connectivity index (χ1v) is 8.31. The van der Waals surface area contributed by atoms with Crippen LogP contribution in [0.25, 0.3) is 0 Å². The number of nitrogens with zero attached hydrogens (tertiary/aromatic N) is 1. The summed E-state index contributed by atoms with van der Waals surface area (Å²) in [6.07, 6.45) is 2.19. The SMILES string of the molecule is COCCCNC(=O)C1CCN(C(=O)c2ccccc2Cl)CC1. The standard InChI is InChI=1S/C17H23ClN2O3/c1-23-12-4-9-19-16(21)13-7-10-20(11-8-13)17(22)14-5-2-3-6-15(14)18/h2-3,5-6,13H,4,7-12H2,1H3,(H,19,21). The molecule has 1 heterocycles. The third kappa shape index (κ3) is 4.94. The van der Waals surface area contributed by atoms with Crippen molar-refractivity contribution in [2.45, 2.75) is 19.3 Å². The van der Waals surface area contributed by atoms with Gasteiger partial charge in [-0.2, -0.15) is 0 Å². The van der Waals surface area contributed by atoms with Gasteiger partial charge in [-0.3, -0.25) is 9.59 Å². The van der Waals surface area contributed by atoms with Crippen molar-refractivity contribution in [2.75, 3.05) is 33.4 Å². The van der Waals surface area contributed by atoms with Gasteiger partial charge in [-0.15, -0.1) is 0 Å². The van der Waals surface area contributed by atoms with Crippen LogP contribution in [0.1, 0.15) is 29.6 Å². The van der Waals surface area contributed by atoms with Crippen LogP contribution in [-0.4, -0.2) is 50.1 Å². The molecular weight excluding hydrogens is 316 g/mol. The van der Waals surface area contributed by atoms with E-state index >= 15 is 0 Å². The van der Waals surface area contributed by atoms with Crippen LogP contribution in [0.5, 0.6) is 0 Å². The van der Waals surface area contributed by atoms with Gasteiger partial charge in [-0.1, -0.05) is 23.7 Å². The molecule has 0 saturated carbocycles. The Balaban J connectivity index is 1.80. The Hall–Kier alpha value is -1.59. The maximum atomic E-state index is 12.5. The molecule has 2 rings (SSSR count). The number of nitrogens with one attached hydrogen (secondary N) is 1. The summed E-state index contributed by atoms with van der Waals surface area (Å²) in [7, 11) is 1.65. The van der Waals surface area contributed by atoms with E-state index in [-0.39, 0.29) is 17.7 Å². The van der Waals surface area contributed by atoms with E-state index < -0.39 is 0 Å². The number of benzene rings is 1. The van der Waals surface area contributed by atoms with E-state index in [2.05, 4.69) is 5.32 Å². The van der Waals surface area contributed by atoms with Crippen LogP contribution in [0.15, 0.2) is 24.3 Å². The molecule has 1 aromatic carbocycles. The molecule has 0 atom stereocenters. The number of hydrogen-bond acceptors (Lipinski definition) is 3. The molecule has 0 unspecified atom stereocenters. The topological polar surface area (TPSA) is 58.6 Å². The monoisotopic (exact) mass is 338 g/mol. The van der Waals surface area contributed by atoms with Crippen molar-refractivity contribution in [3.8, 4) is 0 Å². The third-order valence-electron chi connectivity index (χ3n) is 4.08. The molecule has 1 aliphatic rings. The number of methoxy groups -OCH3 is 1. The average Bonchev–Trinajstić information content (AvgIpc) is 2.58. The van der Waals surface area contributed by atoms with E-state index in [0.717, 1.165) is 6.42 Å². The second kappa shape index (κ2) is 8.89. The zero-order valence-corrected chi connectivity index (χ0v) is 14.1. The smallest absolute Gasteiger partial charge is 0.255 e. The minimum atomic E-state index is -0.0606. The Labute approximate surface area is 141 Å². The Morgan fingerprint density at radius 1 is 1.30 bits per heavy atom. The van der Waals surface area contributed by atoms with Crippen LogP contribution in [0.2, 0.25) is 5.02 Å². The number of amides is 2. The van der Waals surface area contributed by atoms with Gasteiger partial charge in [0.25, 0.3) is 5.91 Å². The Morgan fingerprint density at radius 3 is 2.65 bits per heavy atom. The molecule has 0 spiro atoms. The molecule has 1 saturated heterocycles. The first-order chi connectivity index (χ1) is 11.1. The highest BCUT2D eigenvalue weighted by Gasteiger charge is 2.28. The van der Waals surface area contributed by atoms with Crippen molar-refractivity contribution >= 4 is 23.4 Å². The van der Waals surface area contributed by atoms with Crippen LogP contribution >= 0.6 is 11.6 Å². The maximum absolute atomic E-state index is 12.5. The fraction of sp³-hybridized carbons (Fsp3) is 0.529. The molecule has 5 nitrogen and oxygen atoms in total. The zero-order chi connectivity index (χ0) is 16.7. The molecule has 1 aromatic rings. The van der Waals surface area contributed by atoms with Gasteiger partial charge in [0.15, 0.2) is 0 Å². The summed E-state index contributed by atoms with van der Waals surface area (Å²) in [6, 6.07) is 7.06. The highest BCUT2D eigenvalue weighted by molar-refractivity contribution is 6.33. The van der Waals surface area contributed by atoms with Crippen LogP contribution in [0, 0.1) is 5.92 Å². The number of carbonyl (C=O) groups is 2. The molecule has 1 fully saturated rings. The highest BCUT2D eigenvalue weighted by Crippen LogP contribution is 2.22. The Bertz CT molecular complexity index is 542. The van der Waals surface area contributed by atoms with E-state index in [9.17, 15) is 9.59 Å². The van der Waals surface area contributed by atoms with Gasteiger partial charge in [0.05, 0.1) is 10.6 Å². The van der Waals surface area contributed by atoms with E-state index in [1.54, 1.807) is 36.3 Å². The van der Waals surface area contributed by atoms with E-state index in [1.807, 2.05) is 0 Å². The van der Waals surface area contributed by atoms with Crippen LogP contribution in [0.3, 0.4) is 0 Å². The van der Waals surface area contributed by atoms with Crippen molar-refractivity contribution < 1.29 is 14.3 Å². The van der Waals surface area contributed by atoms with Crippen molar-refractivity contribution in [1.82, 2.24) is 10.2 Å². The normalized spacial score (nSPS) is 15.5. The lowest BCUT2D eigenvalue weighted by Crippen LogP contribution is -2.43. The number of ether oxygens (including phenoxy) is 1. The minimum Gasteiger partial charge on any atom is -0.385 e. The Kier molecular flexibility index (Phi) is 6.86. The molecule has 0 aromatic heterocycles. The number of rotatable bonds is 6. The van der Waals surface area contributed by atoms with E-state index in [1.165, 1.54) is 0 Å². The van der Waals surface area contributed by atoms with Gasteiger partial charge in [-0.25, -0.2) is 0 Å². The second-order valence-electron chi connectivity index (χ2n) is 5.68. The van der Waals surface area contributed by atoms with Crippen molar-refractivity contribution in [3.63, 3.8) is 0 Å². The molecule has 0 aliphatic carbocycles. The summed E-state index contributed by atoms with van der Waals surface area (Å²) in [5.74, 6) is -0.00617. The van der Waals surface area contributed by atoms with Gasteiger partial charge in [-0.05, 0) is 31.4 Å². The zero-order valence-electron chi connectivity index (χ0n) is 13.4. The molecule has 0 radical (unpaired) electrons. The third-order valence-corrected chi connectivity index (χ3v) is 4.41. The van der Waals surface area contributed by atoms with Gasteiger partial charge in [0.2, 0.25) is 5.91 Å². The largest absolute Gasteiger partial charge is 0.385 e. The average molecular weight is 339 g/mol. The fourth-order valence-electron chi connectivity index (χ4n) is 2.72. The lowest BCUT2D eigenvalue weighted by atomic mass is 9.95. The van der Waals surface area contributed by atoms with Crippen LogP contribution < -0.4 is 5.32 Å². The van der Waals surface area contributed by atoms with Crippen LogP contribution in [-0.2, 0) is 9.53 Å². The quantitative estimate of drug-likeness (QED) is 0.810. The molecule has 126 valence electrons. The minimum absolute atomic E-state index is 0.0205. The van der Waals surface area contributed by atoms with Crippen molar-refractivity contribution in [2.24, 2.45) is 5.92 Å². The molecule has 1 aliphatic heterocycles. The summed E-state index contributed by atoms with van der Waals surface area (Å²) in [6.45, 7) is 2.44. The predicted molar refractivity (Wildman–Crippen MR) is 89.6 cm³/mol. The summed E-state index contributed by atoms with van der Waals surface area (Å²) in [4.78, 5) is 26.3. The Morgan fingerprint density at radius 2 is 2.00 bits per heavy atom. The second-order valence-corrected chi connectivity index (χ2v) is 6.09. The lowest BCUT2D eigenvalue weighted by molar-refractivity contribution is -0.126. The van der Waals surface area contributed by atoms with E-state index in [4.69, 9.17) is 16.3 Å². The van der Waals surface area contributed by atoms with Crippen molar-refractivity contribution in [3.05, 3.63) is 34.9 Å². The molecule has 2 amide bonds. The first-order valence-electron chi connectivity index (χ1n) is 7.94. The molecule has 1 N–H and O–H groups in total. The number of halogens is 1. The van der Waals surface area contributed by atoms with Gasteiger partial charge < -0.3 is 15.0 Å². The van der Waals surface area contributed by atoms with Crippen LogP contribution in [0.4, 0.5) is 0 Å². The number of piperidine rings is 1.